The van der Waals surface area contributed by atoms with Crippen molar-refractivity contribution in [3.63, 3.8) is 0 Å². The molecule has 3 rings (SSSR count). The Balaban J connectivity index is 1.84. The maximum atomic E-state index is 12.7. The van der Waals surface area contributed by atoms with Crippen molar-refractivity contribution in [3.05, 3.63) is 58.3 Å². The number of hydrogen-bond donors (Lipinski definition) is 1. The van der Waals surface area contributed by atoms with E-state index >= 15 is 0 Å². The van der Waals surface area contributed by atoms with Crippen LogP contribution in [0, 0.1) is 0 Å². The van der Waals surface area contributed by atoms with Gasteiger partial charge in [-0.25, -0.2) is 13.1 Å². The van der Waals surface area contributed by atoms with Gasteiger partial charge in [0.2, 0.25) is 10.0 Å². The Hall–Kier alpha value is -2.33. The molecule has 0 aliphatic heterocycles. The standard InChI is InChI=1S/C19H20Cl2N4O4S/c1-4-25-18(22-23-19(25)29-14-7-5-6-13(10-14)28-3)12(2)24-30(26,27)15-8-9-16(20)17(21)11-15/h5-12,24H,4H2,1-3H3/t12-/m1/s1. The maximum Gasteiger partial charge on any atom is 0.322 e. The summed E-state index contributed by atoms with van der Waals surface area (Å²) in [5, 5.41) is 8.60. The van der Waals surface area contributed by atoms with Crippen LogP contribution in [0.3, 0.4) is 0 Å². The number of ether oxygens (including phenoxy) is 2. The smallest absolute Gasteiger partial charge is 0.322 e. The molecule has 0 unspecified atom stereocenters. The van der Waals surface area contributed by atoms with E-state index in [1.165, 1.54) is 18.2 Å². The van der Waals surface area contributed by atoms with Crippen LogP contribution in [-0.4, -0.2) is 30.3 Å². The van der Waals surface area contributed by atoms with E-state index in [-0.39, 0.29) is 21.0 Å². The normalized spacial score (nSPS) is 12.6. The van der Waals surface area contributed by atoms with Crippen molar-refractivity contribution < 1.29 is 17.9 Å². The molecule has 0 fully saturated rings. The Morgan fingerprint density at radius 2 is 1.83 bits per heavy atom. The second-order valence-electron chi connectivity index (χ2n) is 6.28. The highest BCUT2D eigenvalue weighted by Crippen LogP contribution is 2.28. The highest BCUT2D eigenvalue weighted by Gasteiger charge is 2.24. The summed E-state index contributed by atoms with van der Waals surface area (Å²) in [7, 11) is -2.30. The number of aromatic nitrogens is 3. The lowest BCUT2D eigenvalue weighted by molar-refractivity contribution is 0.393. The summed E-state index contributed by atoms with van der Waals surface area (Å²) in [6.45, 7) is 4.02. The zero-order valence-corrected chi connectivity index (χ0v) is 18.8. The molecule has 0 aliphatic carbocycles. The molecule has 0 aliphatic rings. The molecule has 0 radical (unpaired) electrons. The average molecular weight is 471 g/mol. The molecule has 1 aromatic heterocycles. The summed E-state index contributed by atoms with van der Waals surface area (Å²) in [5.41, 5.74) is 0. The van der Waals surface area contributed by atoms with Crippen LogP contribution in [0.2, 0.25) is 10.0 Å². The van der Waals surface area contributed by atoms with Crippen molar-refractivity contribution in [2.45, 2.75) is 31.3 Å². The van der Waals surface area contributed by atoms with E-state index in [1.807, 2.05) is 6.92 Å². The zero-order valence-electron chi connectivity index (χ0n) is 16.5. The summed E-state index contributed by atoms with van der Waals surface area (Å²) < 4.78 is 40.7. The molecule has 2 aromatic carbocycles. The number of halogens is 2. The van der Waals surface area contributed by atoms with Crippen molar-refractivity contribution in [1.29, 1.82) is 0 Å². The number of hydrogen-bond acceptors (Lipinski definition) is 6. The Morgan fingerprint density at radius 3 is 2.50 bits per heavy atom. The molecule has 1 N–H and O–H groups in total. The van der Waals surface area contributed by atoms with Gasteiger partial charge in [0.05, 0.1) is 28.1 Å². The van der Waals surface area contributed by atoms with Crippen LogP contribution in [0.1, 0.15) is 25.7 Å². The number of nitrogens with zero attached hydrogens (tertiary/aromatic N) is 3. The fraction of sp³-hybridized carbons (Fsp3) is 0.263. The Morgan fingerprint density at radius 1 is 1.10 bits per heavy atom. The minimum absolute atomic E-state index is 0.000771. The summed E-state index contributed by atoms with van der Waals surface area (Å²) >= 11 is 11.8. The van der Waals surface area contributed by atoms with Gasteiger partial charge in [0.1, 0.15) is 11.5 Å². The van der Waals surface area contributed by atoms with Gasteiger partial charge in [0.15, 0.2) is 5.82 Å². The predicted molar refractivity (Wildman–Crippen MR) is 114 cm³/mol. The molecule has 0 amide bonds. The Bertz CT molecular complexity index is 1150. The monoisotopic (exact) mass is 470 g/mol. The number of sulfonamides is 1. The van der Waals surface area contributed by atoms with Crippen molar-refractivity contribution >= 4 is 33.2 Å². The van der Waals surface area contributed by atoms with Gasteiger partial charge in [-0.1, -0.05) is 34.4 Å². The van der Waals surface area contributed by atoms with E-state index in [4.69, 9.17) is 32.7 Å². The van der Waals surface area contributed by atoms with Gasteiger partial charge in [-0.05, 0) is 44.2 Å². The molecule has 1 atom stereocenters. The summed E-state index contributed by atoms with van der Waals surface area (Å²) in [6, 6.07) is 10.7. The second kappa shape index (κ2) is 9.22. The molecule has 1 heterocycles. The summed E-state index contributed by atoms with van der Waals surface area (Å²) in [4.78, 5) is -0.000771. The van der Waals surface area contributed by atoms with Crippen molar-refractivity contribution in [1.82, 2.24) is 19.5 Å². The average Bonchev–Trinajstić information content (AvgIpc) is 3.12. The highest BCUT2D eigenvalue weighted by atomic mass is 35.5. The first kappa shape index (κ1) is 22.4. The first-order chi connectivity index (χ1) is 14.2. The molecular formula is C19H20Cl2N4O4S. The van der Waals surface area contributed by atoms with E-state index in [0.29, 0.717) is 23.9 Å². The third kappa shape index (κ3) is 4.86. The van der Waals surface area contributed by atoms with Gasteiger partial charge < -0.3 is 9.47 Å². The lowest BCUT2D eigenvalue weighted by Crippen LogP contribution is -2.29. The summed E-state index contributed by atoms with van der Waals surface area (Å²) in [6.07, 6.45) is 0. The lowest BCUT2D eigenvalue weighted by atomic mass is 10.3. The van der Waals surface area contributed by atoms with Crippen molar-refractivity contribution in [3.8, 4) is 17.5 Å². The van der Waals surface area contributed by atoms with Crippen LogP contribution in [0.25, 0.3) is 0 Å². The van der Waals surface area contributed by atoms with E-state index in [0.717, 1.165) is 0 Å². The van der Waals surface area contributed by atoms with Gasteiger partial charge in [-0.15, -0.1) is 5.10 Å². The lowest BCUT2D eigenvalue weighted by Gasteiger charge is -2.15. The minimum atomic E-state index is -3.86. The fourth-order valence-electron chi connectivity index (χ4n) is 2.76. The van der Waals surface area contributed by atoms with E-state index in [1.54, 1.807) is 42.9 Å². The van der Waals surface area contributed by atoms with Gasteiger partial charge in [0.25, 0.3) is 0 Å². The molecular weight excluding hydrogens is 451 g/mol. The van der Waals surface area contributed by atoms with Gasteiger partial charge in [-0.2, -0.15) is 0 Å². The molecule has 30 heavy (non-hydrogen) atoms. The first-order valence-electron chi connectivity index (χ1n) is 8.97. The predicted octanol–water partition coefficient (Wildman–Crippen LogP) is 4.45. The molecule has 0 saturated heterocycles. The Labute approximate surface area is 184 Å². The molecule has 0 bridgehead atoms. The van der Waals surface area contributed by atoms with Crippen LogP contribution in [0.4, 0.5) is 0 Å². The van der Waals surface area contributed by atoms with Crippen molar-refractivity contribution in [2.24, 2.45) is 0 Å². The number of methoxy groups -OCH3 is 1. The quantitative estimate of drug-likeness (QED) is 0.522. The van der Waals surface area contributed by atoms with Crippen LogP contribution in [0.5, 0.6) is 17.5 Å². The van der Waals surface area contributed by atoms with E-state index in [2.05, 4.69) is 14.9 Å². The maximum absolute atomic E-state index is 12.7. The summed E-state index contributed by atoms with van der Waals surface area (Å²) in [5.74, 6) is 1.56. The topological polar surface area (TPSA) is 95.3 Å². The molecule has 160 valence electrons. The van der Waals surface area contributed by atoms with E-state index < -0.39 is 16.1 Å². The second-order valence-corrected chi connectivity index (χ2v) is 8.81. The third-order valence-corrected chi connectivity index (χ3v) is 6.51. The zero-order chi connectivity index (χ0) is 21.9. The molecule has 0 saturated carbocycles. The molecule has 11 heteroatoms. The largest absolute Gasteiger partial charge is 0.497 e. The Kier molecular flexibility index (Phi) is 6.87. The van der Waals surface area contributed by atoms with Crippen LogP contribution in [-0.2, 0) is 16.6 Å². The van der Waals surface area contributed by atoms with Crippen LogP contribution in [0.15, 0.2) is 47.4 Å². The molecule has 8 nitrogen and oxygen atoms in total. The number of benzene rings is 2. The van der Waals surface area contributed by atoms with Gasteiger partial charge in [0, 0.05) is 12.6 Å². The number of rotatable bonds is 8. The minimum Gasteiger partial charge on any atom is -0.497 e. The van der Waals surface area contributed by atoms with Gasteiger partial charge in [-0.3, -0.25) is 4.57 Å². The van der Waals surface area contributed by atoms with Gasteiger partial charge >= 0.3 is 6.01 Å². The van der Waals surface area contributed by atoms with Crippen LogP contribution < -0.4 is 14.2 Å². The molecule has 3 aromatic rings. The fourth-order valence-corrected chi connectivity index (χ4v) is 4.35. The number of nitrogens with one attached hydrogen (secondary N) is 1. The molecule has 0 spiro atoms. The van der Waals surface area contributed by atoms with E-state index in [9.17, 15) is 8.42 Å². The van der Waals surface area contributed by atoms with Crippen molar-refractivity contribution in [2.75, 3.05) is 7.11 Å². The highest BCUT2D eigenvalue weighted by molar-refractivity contribution is 7.89. The SMILES string of the molecule is CCn1c(Oc2cccc(OC)c2)nnc1[C@@H](C)NS(=O)(=O)c1ccc(Cl)c(Cl)c1. The third-order valence-electron chi connectivity index (χ3n) is 4.23. The first-order valence-corrected chi connectivity index (χ1v) is 11.2. The van der Waals surface area contributed by atoms with Crippen LogP contribution >= 0.6 is 23.2 Å².